The van der Waals surface area contributed by atoms with Gasteiger partial charge in [0.1, 0.15) is 0 Å². The van der Waals surface area contributed by atoms with Gasteiger partial charge in [-0.2, -0.15) is 0 Å². The van der Waals surface area contributed by atoms with E-state index in [2.05, 4.69) is 61.9 Å². The normalized spacial score (nSPS) is 16.3. The third kappa shape index (κ3) is 3.94. The Balaban J connectivity index is 0.000000408. The van der Waals surface area contributed by atoms with Crippen molar-refractivity contribution in [3.05, 3.63) is 66.1 Å². The summed E-state index contributed by atoms with van der Waals surface area (Å²) in [5.41, 5.74) is 5.68. The second-order valence-electron chi connectivity index (χ2n) is 4.66. The fraction of sp³-hybridized carbons (Fsp3) is 0.188. The molecule has 0 amide bonds. The molecule has 0 N–H and O–H groups in total. The molecule has 0 saturated carbocycles. The predicted octanol–water partition coefficient (Wildman–Crippen LogP) is 5.47. The van der Waals surface area contributed by atoms with Crippen LogP contribution in [0, 0.1) is 12.3 Å². The van der Waals surface area contributed by atoms with Gasteiger partial charge < -0.3 is 0 Å². The van der Waals surface area contributed by atoms with E-state index in [0.717, 1.165) is 0 Å². The van der Waals surface area contributed by atoms with Crippen molar-refractivity contribution >= 4 is 17.0 Å². The number of benzene rings is 2. The van der Waals surface area contributed by atoms with E-state index in [-0.39, 0.29) is 0 Å². The molecule has 0 saturated heterocycles. The second kappa shape index (κ2) is 7.62. The molecule has 0 aliphatic heterocycles. The molecule has 1 radical (unpaired) electrons. The number of fused-ring (bicyclic) bond motifs is 1. The minimum absolute atomic E-state index is 0.680. The average Bonchev–Trinajstić information content (AvgIpc) is 2.80. The van der Waals surface area contributed by atoms with Crippen LogP contribution >= 0.6 is 17.0 Å². The summed E-state index contributed by atoms with van der Waals surface area (Å²) >= 11 is -0.826. The van der Waals surface area contributed by atoms with Crippen molar-refractivity contribution in [2.75, 3.05) is 0 Å². The molecule has 2 aromatic rings. The molecule has 2 aromatic carbocycles. The summed E-state index contributed by atoms with van der Waals surface area (Å²) in [6, 6.07) is 17.3. The van der Waals surface area contributed by atoms with Gasteiger partial charge in [-0.3, -0.25) is 0 Å². The van der Waals surface area contributed by atoms with Gasteiger partial charge in [-0.1, -0.05) is 55.5 Å². The summed E-state index contributed by atoms with van der Waals surface area (Å²) in [7, 11) is 9.87. The number of hydrogen-bond donors (Lipinski definition) is 0. The molecule has 0 fully saturated rings. The minimum atomic E-state index is -0.826. The van der Waals surface area contributed by atoms with Crippen molar-refractivity contribution < 1.29 is 20.8 Å². The fourth-order valence-corrected chi connectivity index (χ4v) is 2.56. The Kier molecular flexibility index (Phi) is 6.14. The summed E-state index contributed by atoms with van der Waals surface area (Å²) in [6.07, 6.45) is 3.56. The molecule has 97 valence electrons. The molecule has 1 aliphatic rings. The van der Waals surface area contributed by atoms with Crippen LogP contribution in [-0.4, -0.2) is 0 Å². The van der Waals surface area contributed by atoms with Crippen molar-refractivity contribution in [3.63, 3.8) is 0 Å². The van der Waals surface area contributed by atoms with Crippen LogP contribution in [0.25, 0.3) is 11.1 Å². The van der Waals surface area contributed by atoms with E-state index in [9.17, 15) is 0 Å². The molecule has 0 spiro atoms. The van der Waals surface area contributed by atoms with Crippen LogP contribution in [0.15, 0.2) is 48.5 Å². The Bertz CT molecular complexity index is 526. The Morgan fingerprint density at radius 3 is 2.37 bits per heavy atom. The monoisotopic (exact) mass is 367 g/mol. The summed E-state index contributed by atoms with van der Waals surface area (Å²) in [6.45, 7) is 2.29. The van der Waals surface area contributed by atoms with E-state index in [1.54, 1.807) is 0 Å². The van der Waals surface area contributed by atoms with Crippen molar-refractivity contribution in [1.82, 2.24) is 0 Å². The van der Waals surface area contributed by atoms with Crippen molar-refractivity contribution in [2.45, 2.75) is 13.3 Å². The molecular formula is C16H15Cl2Zr. The van der Waals surface area contributed by atoms with Gasteiger partial charge in [0.2, 0.25) is 0 Å². The Hall–Kier alpha value is -0.0969. The molecular weight excluding hydrogens is 354 g/mol. The molecule has 3 rings (SSSR count). The maximum absolute atomic E-state index is 4.93. The molecule has 1 atom stereocenters. The standard InChI is InChI=1S/C16H15.2ClH.Zr/c1-12-10-14-8-5-9-15(16(14)11-12)13-6-3-2-4-7-13;;;/h2-10,12H,11H2,1H3;2*1H;/q;;;+2/p-2. The zero-order chi connectivity index (χ0) is 13.7. The van der Waals surface area contributed by atoms with E-state index in [0.29, 0.717) is 5.92 Å². The zero-order valence-electron chi connectivity index (χ0n) is 10.7. The first-order valence-electron chi connectivity index (χ1n) is 6.24. The van der Waals surface area contributed by atoms with Crippen molar-refractivity contribution in [3.8, 4) is 11.1 Å². The second-order valence-corrected chi connectivity index (χ2v) is 8.39. The summed E-state index contributed by atoms with van der Waals surface area (Å²) in [5.74, 6) is 0.680. The molecule has 1 unspecified atom stereocenters. The first-order chi connectivity index (χ1) is 9.26. The van der Waals surface area contributed by atoms with Gasteiger partial charge in [0, 0.05) is 0 Å². The molecule has 19 heavy (non-hydrogen) atoms. The number of hydrogen-bond acceptors (Lipinski definition) is 0. The Morgan fingerprint density at radius 1 is 1.00 bits per heavy atom. The van der Waals surface area contributed by atoms with Gasteiger partial charge in [-0.15, -0.1) is 0 Å². The molecule has 0 bridgehead atoms. The van der Waals surface area contributed by atoms with Crippen LogP contribution in [0.1, 0.15) is 18.1 Å². The van der Waals surface area contributed by atoms with Crippen LogP contribution in [0.2, 0.25) is 0 Å². The molecule has 0 heterocycles. The van der Waals surface area contributed by atoms with Crippen LogP contribution in [0.4, 0.5) is 0 Å². The maximum atomic E-state index is 4.93. The number of rotatable bonds is 1. The first kappa shape index (κ1) is 15.3. The number of halogens is 2. The molecule has 1 aliphatic carbocycles. The van der Waals surface area contributed by atoms with Crippen LogP contribution in [0.3, 0.4) is 0 Å². The van der Waals surface area contributed by atoms with E-state index >= 15 is 0 Å². The zero-order valence-corrected chi connectivity index (χ0v) is 14.7. The van der Waals surface area contributed by atoms with Gasteiger partial charge in [0.25, 0.3) is 0 Å². The molecule has 0 nitrogen and oxygen atoms in total. The summed E-state index contributed by atoms with van der Waals surface area (Å²) in [4.78, 5) is 0. The first-order valence-corrected chi connectivity index (χ1v) is 12.6. The average molecular weight is 369 g/mol. The van der Waals surface area contributed by atoms with E-state index in [1.165, 1.54) is 28.7 Å². The van der Waals surface area contributed by atoms with E-state index in [4.69, 9.17) is 17.0 Å². The van der Waals surface area contributed by atoms with Crippen molar-refractivity contribution in [2.24, 2.45) is 5.92 Å². The van der Waals surface area contributed by atoms with Gasteiger partial charge in [-0.25, -0.2) is 0 Å². The SMILES string of the molecule is CC1[CH]c2cccc(-c3ccccc3)c2C1.[Cl][Zr][Cl]. The van der Waals surface area contributed by atoms with Gasteiger partial charge in [0.05, 0.1) is 0 Å². The summed E-state index contributed by atoms with van der Waals surface area (Å²) < 4.78 is 0. The van der Waals surface area contributed by atoms with Gasteiger partial charge >= 0.3 is 37.9 Å². The van der Waals surface area contributed by atoms with Gasteiger partial charge in [-0.05, 0) is 41.0 Å². The quantitative estimate of drug-likeness (QED) is 0.625. The third-order valence-electron chi connectivity index (χ3n) is 3.29. The van der Waals surface area contributed by atoms with Gasteiger partial charge in [0.15, 0.2) is 0 Å². The topological polar surface area (TPSA) is 0 Å². The molecule has 3 heteroatoms. The Morgan fingerprint density at radius 2 is 1.68 bits per heavy atom. The van der Waals surface area contributed by atoms with Crippen LogP contribution in [0.5, 0.6) is 0 Å². The summed E-state index contributed by atoms with van der Waals surface area (Å²) in [5, 5.41) is 0. The predicted molar refractivity (Wildman–Crippen MR) is 79.9 cm³/mol. The van der Waals surface area contributed by atoms with Crippen LogP contribution < -0.4 is 0 Å². The van der Waals surface area contributed by atoms with Crippen LogP contribution in [-0.2, 0) is 27.3 Å². The fourth-order valence-electron chi connectivity index (χ4n) is 2.56. The van der Waals surface area contributed by atoms with E-state index < -0.39 is 20.8 Å². The Labute approximate surface area is 133 Å². The van der Waals surface area contributed by atoms with E-state index in [1.807, 2.05) is 0 Å². The third-order valence-corrected chi connectivity index (χ3v) is 3.29. The van der Waals surface area contributed by atoms with Crippen molar-refractivity contribution in [1.29, 1.82) is 0 Å². The molecule has 0 aromatic heterocycles.